The van der Waals surface area contributed by atoms with Crippen molar-refractivity contribution >= 4 is 65.4 Å². The Kier molecular flexibility index (Phi) is 6.63. The van der Waals surface area contributed by atoms with Crippen molar-refractivity contribution in [1.29, 1.82) is 0 Å². The summed E-state index contributed by atoms with van der Waals surface area (Å²) in [5, 5.41) is 8.85. The summed E-state index contributed by atoms with van der Waals surface area (Å²) >= 11 is 0. The number of aromatic nitrogens is 4. The number of fused-ring (bicyclic) bond motifs is 8. The van der Waals surface area contributed by atoms with Gasteiger partial charge in [0.05, 0.1) is 11.0 Å². The van der Waals surface area contributed by atoms with Crippen LogP contribution in [0.3, 0.4) is 0 Å². The Morgan fingerprint density at radius 1 is 0.417 bits per heavy atom. The molecular formula is C42H24N4OPt. The Bertz CT molecular complexity index is 2650. The van der Waals surface area contributed by atoms with Gasteiger partial charge >= 0.3 is 21.1 Å². The molecule has 0 spiro atoms. The maximum absolute atomic E-state index is 6.47. The second-order valence-electron chi connectivity index (χ2n) is 11.7. The summed E-state index contributed by atoms with van der Waals surface area (Å²) in [6.07, 6.45) is 0. The van der Waals surface area contributed by atoms with Crippen molar-refractivity contribution in [3.05, 3.63) is 158 Å². The van der Waals surface area contributed by atoms with Crippen LogP contribution in [-0.2, 0) is 21.1 Å². The fourth-order valence-electron chi connectivity index (χ4n) is 6.98. The molecule has 0 aliphatic carbocycles. The van der Waals surface area contributed by atoms with Crippen molar-refractivity contribution in [3.63, 3.8) is 0 Å². The molecule has 0 atom stereocenters. The molecule has 0 bridgehead atoms. The first-order chi connectivity index (χ1) is 23.3. The predicted molar refractivity (Wildman–Crippen MR) is 190 cm³/mol. The zero-order valence-electron chi connectivity index (χ0n) is 25.4. The topological polar surface area (TPSA) is 44.9 Å². The molecule has 0 amide bonds. The number of ether oxygens (including phenoxy) is 1. The smallest absolute Gasteiger partial charge is 0.421 e. The Morgan fingerprint density at radius 3 is 1.31 bits per heavy atom. The number of rotatable bonds is 4. The average molecular weight is 796 g/mol. The minimum absolute atomic E-state index is 0. The molecule has 10 aromatic rings. The maximum Gasteiger partial charge on any atom is 2.00 e. The fourth-order valence-corrected chi connectivity index (χ4v) is 6.98. The van der Waals surface area contributed by atoms with Gasteiger partial charge in [0.1, 0.15) is 11.3 Å². The molecule has 10 rings (SSSR count). The molecule has 0 fully saturated rings. The standard InChI is InChI=1S/C42H24N4O.Pt/c1-3-15-29-27(11-1)13-9-21-35(29)45-37-19-7-5-17-31(37)33-23-25-39(43-41(33)45)47-40-26-24-34-32-18-6-8-20-38(32)46(42(34)44-40)36-22-10-14-28-12-2-4-16-30(28)36;/h1-20,23-26H;/q-2;+2. The Hall–Kier alpha value is -5.77. The maximum atomic E-state index is 6.47. The van der Waals surface area contributed by atoms with E-state index in [1.807, 2.05) is 24.3 Å². The molecule has 0 saturated heterocycles. The zero-order valence-corrected chi connectivity index (χ0v) is 27.6. The molecule has 0 aliphatic heterocycles. The van der Waals surface area contributed by atoms with E-state index in [0.717, 1.165) is 76.8 Å². The van der Waals surface area contributed by atoms with Crippen molar-refractivity contribution in [1.82, 2.24) is 19.1 Å². The van der Waals surface area contributed by atoms with Gasteiger partial charge in [-0.25, -0.2) is 0 Å². The zero-order chi connectivity index (χ0) is 30.9. The second-order valence-corrected chi connectivity index (χ2v) is 11.7. The minimum Gasteiger partial charge on any atom is -0.421 e. The molecule has 6 heteroatoms. The minimum atomic E-state index is 0. The van der Waals surface area contributed by atoms with Crippen LogP contribution in [0.4, 0.5) is 0 Å². The molecule has 5 nitrogen and oxygen atoms in total. The van der Waals surface area contributed by atoms with Crippen LogP contribution in [0.1, 0.15) is 0 Å². The molecule has 0 aliphatic rings. The molecule has 0 radical (unpaired) electrons. The van der Waals surface area contributed by atoms with Crippen LogP contribution in [0.2, 0.25) is 0 Å². The van der Waals surface area contributed by atoms with Gasteiger partial charge < -0.3 is 13.9 Å². The summed E-state index contributed by atoms with van der Waals surface area (Å²) in [5.74, 6) is 0.932. The Morgan fingerprint density at radius 2 is 0.833 bits per heavy atom. The van der Waals surface area contributed by atoms with E-state index in [1.54, 1.807) is 0 Å². The first-order valence-electron chi connectivity index (χ1n) is 15.6. The quantitative estimate of drug-likeness (QED) is 0.167. The van der Waals surface area contributed by atoms with Gasteiger partial charge in [-0.05, 0) is 24.3 Å². The van der Waals surface area contributed by atoms with Crippen molar-refractivity contribution in [2.24, 2.45) is 0 Å². The molecule has 0 saturated carbocycles. The first-order valence-corrected chi connectivity index (χ1v) is 15.6. The molecule has 4 heterocycles. The summed E-state index contributed by atoms with van der Waals surface area (Å²) in [7, 11) is 0. The molecule has 0 unspecified atom stereocenters. The number of para-hydroxylation sites is 2. The van der Waals surface area contributed by atoms with Gasteiger partial charge in [0, 0.05) is 33.7 Å². The monoisotopic (exact) mass is 795 g/mol. The second kappa shape index (κ2) is 11.2. The number of nitrogens with zero attached hydrogens (tertiary/aromatic N) is 4. The van der Waals surface area contributed by atoms with Crippen LogP contribution in [0.5, 0.6) is 11.8 Å². The van der Waals surface area contributed by atoms with E-state index in [-0.39, 0.29) is 21.1 Å². The van der Waals surface area contributed by atoms with E-state index in [9.17, 15) is 0 Å². The van der Waals surface area contributed by atoms with Crippen LogP contribution >= 0.6 is 0 Å². The Balaban J connectivity index is 0.00000314. The van der Waals surface area contributed by atoms with E-state index in [0.29, 0.717) is 11.8 Å². The van der Waals surface area contributed by atoms with Gasteiger partial charge in [-0.2, -0.15) is 46.4 Å². The van der Waals surface area contributed by atoms with Gasteiger partial charge in [0.15, 0.2) is 0 Å². The van der Waals surface area contributed by atoms with Gasteiger partial charge in [-0.3, -0.25) is 0 Å². The third-order valence-electron chi connectivity index (χ3n) is 9.05. The summed E-state index contributed by atoms with van der Waals surface area (Å²) in [4.78, 5) is 10.2. The fraction of sp³-hybridized carbons (Fsp3) is 0. The summed E-state index contributed by atoms with van der Waals surface area (Å²) in [6.45, 7) is 0. The number of pyridine rings is 2. The van der Waals surface area contributed by atoms with Crippen LogP contribution in [0, 0.1) is 12.1 Å². The summed E-state index contributed by atoms with van der Waals surface area (Å²) in [5.41, 5.74) is 5.64. The van der Waals surface area contributed by atoms with Gasteiger partial charge in [0.25, 0.3) is 0 Å². The molecular weight excluding hydrogens is 772 g/mol. The third-order valence-corrected chi connectivity index (χ3v) is 9.05. The molecule has 0 N–H and O–H groups in total. The molecule has 228 valence electrons. The van der Waals surface area contributed by atoms with E-state index in [1.165, 1.54) is 0 Å². The van der Waals surface area contributed by atoms with Crippen molar-refractivity contribution in [2.75, 3.05) is 0 Å². The number of benzene rings is 6. The van der Waals surface area contributed by atoms with Gasteiger partial charge in [-0.15, -0.1) is 33.7 Å². The van der Waals surface area contributed by atoms with Crippen LogP contribution < -0.4 is 4.74 Å². The third kappa shape index (κ3) is 4.28. The van der Waals surface area contributed by atoms with Crippen molar-refractivity contribution in [3.8, 4) is 23.1 Å². The van der Waals surface area contributed by atoms with Crippen LogP contribution in [-0.4, -0.2) is 19.1 Å². The van der Waals surface area contributed by atoms with E-state index >= 15 is 0 Å². The molecule has 6 aromatic carbocycles. The van der Waals surface area contributed by atoms with E-state index in [4.69, 9.17) is 14.7 Å². The van der Waals surface area contributed by atoms with E-state index in [2.05, 4.69) is 143 Å². The SMILES string of the molecule is [Pt+2].[c-]1ccc2ccccc2c1-n1c2ccccc2c2ccc(Oc3ccc4c5ccccc5n(-c5[c-]ccc6ccccc56)c4n3)nc21. The molecule has 4 aromatic heterocycles. The predicted octanol–water partition coefficient (Wildman–Crippen LogP) is 10.4. The number of hydrogen-bond acceptors (Lipinski definition) is 3. The first kappa shape index (κ1) is 28.5. The average Bonchev–Trinajstić information content (AvgIpc) is 3.63. The number of hydrogen-bond donors (Lipinski definition) is 0. The summed E-state index contributed by atoms with van der Waals surface area (Å²) < 4.78 is 10.8. The van der Waals surface area contributed by atoms with Crippen LogP contribution in [0.25, 0.3) is 76.8 Å². The van der Waals surface area contributed by atoms with Gasteiger partial charge in [0.2, 0.25) is 11.8 Å². The molecule has 48 heavy (non-hydrogen) atoms. The van der Waals surface area contributed by atoms with E-state index < -0.39 is 0 Å². The van der Waals surface area contributed by atoms with Crippen molar-refractivity contribution < 1.29 is 25.8 Å². The van der Waals surface area contributed by atoms with Crippen molar-refractivity contribution in [2.45, 2.75) is 0 Å². The normalized spacial score (nSPS) is 11.6. The largest absolute Gasteiger partial charge is 2.00 e. The van der Waals surface area contributed by atoms with Crippen LogP contribution in [0.15, 0.2) is 146 Å². The Labute approximate surface area is 289 Å². The summed E-state index contributed by atoms with van der Waals surface area (Å²) in [6, 6.07) is 56.7. The van der Waals surface area contributed by atoms with Gasteiger partial charge in [-0.1, -0.05) is 84.2 Å².